The highest BCUT2D eigenvalue weighted by Crippen LogP contribution is 2.35. The average molecular weight is 424 g/mol. The number of anilines is 1. The number of rotatable bonds is 7. The standard InChI is InChI=1S/C20H23FN2O3S2/c1-3-23-10-9-15-16(11-23)28-19(18(15)20(25)26-4-2)22-17(24)12-27-14-7-5-13(21)6-8-14/h5-8H,3-4,9-12H2,1-2H3,(H,22,24)/p+1. The van der Waals surface area contributed by atoms with Gasteiger partial charge in [-0.25, -0.2) is 9.18 Å². The monoisotopic (exact) mass is 423 g/mol. The number of hydrogen-bond donors (Lipinski definition) is 2. The van der Waals surface area contributed by atoms with Crippen LogP contribution in [0.25, 0.3) is 0 Å². The van der Waals surface area contributed by atoms with Gasteiger partial charge in [0.1, 0.15) is 17.4 Å². The van der Waals surface area contributed by atoms with Gasteiger partial charge in [-0.1, -0.05) is 0 Å². The smallest absolute Gasteiger partial charge is 0.341 e. The van der Waals surface area contributed by atoms with Crippen molar-refractivity contribution in [1.29, 1.82) is 0 Å². The summed E-state index contributed by atoms with van der Waals surface area (Å²) in [5, 5.41) is 3.47. The molecular weight excluding hydrogens is 399 g/mol. The molecule has 1 unspecified atom stereocenters. The van der Waals surface area contributed by atoms with E-state index in [9.17, 15) is 14.0 Å². The number of carbonyl (C=O) groups is 2. The molecule has 1 atom stereocenters. The van der Waals surface area contributed by atoms with Gasteiger partial charge in [0.05, 0.1) is 35.9 Å². The van der Waals surface area contributed by atoms with Crippen LogP contribution in [0.1, 0.15) is 34.6 Å². The van der Waals surface area contributed by atoms with Crippen LogP contribution >= 0.6 is 23.1 Å². The fourth-order valence-electron chi connectivity index (χ4n) is 3.19. The summed E-state index contributed by atoms with van der Waals surface area (Å²) < 4.78 is 18.2. The van der Waals surface area contributed by atoms with E-state index >= 15 is 0 Å². The minimum atomic E-state index is -0.374. The van der Waals surface area contributed by atoms with Crippen LogP contribution < -0.4 is 10.2 Å². The summed E-state index contributed by atoms with van der Waals surface area (Å²) in [5.41, 5.74) is 1.53. The maximum atomic E-state index is 13.0. The third kappa shape index (κ3) is 4.92. The van der Waals surface area contributed by atoms with Crippen molar-refractivity contribution in [3.8, 4) is 0 Å². The number of fused-ring (bicyclic) bond motifs is 1. The van der Waals surface area contributed by atoms with E-state index < -0.39 is 0 Å². The lowest BCUT2D eigenvalue weighted by atomic mass is 10.0. The van der Waals surface area contributed by atoms with Gasteiger partial charge in [0.15, 0.2) is 0 Å². The van der Waals surface area contributed by atoms with Crippen molar-refractivity contribution < 1.29 is 23.6 Å². The van der Waals surface area contributed by atoms with Crippen LogP contribution in [-0.4, -0.2) is 37.3 Å². The van der Waals surface area contributed by atoms with Gasteiger partial charge in [-0.05, 0) is 43.7 Å². The lowest BCUT2D eigenvalue weighted by Crippen LogP contribution is -3.11. The number of benzene rings is 1. The number of likely N-dealkylation sites (N-methyl/N-ethyl adjacent to an activating group) is 1. The number of nitrogens with one attached hydrogen (secondary N) is 2. The van der Waals surface area contributed by atoms with Crippen molar-refractivity contribution in [2.24, 2.45) is 0 Å². The van der Waals surface area contributed by atoms with Gasteiger partial charge in [-0.15, -0.1) is 23.1 Å². The number of hydrogen-bond acceptors (Lipinski definition) is 5. The molecule has 2 aromatic rings. The zero-order valence-electron chi connectivity index (χ0n) is 16.0. The van der Waals surface area contributed by atoms with Crippen molar-refractivity contribution in [2.45, 2.75) is 31.7 Å². The third-order valence-corrected chi connectivity index (χ3v) is 6.81. The van der Waals surface area contributed by atoms with Crippen LogP contribution in [0.4, 0.5) is 9.39 Å². The Morgan fingerprint density at radius 2 is 2.04 bits per heavy atom. The predicted octanol–water partition coefficient (Wildman–Crippen LogP) is 2.76. The van der Waals surface area contributed by atoms with E-state index in [0.29, 0.717) is 17.2 Å². The molecule has 8 heteroatoms. The van der Waals surface area contributed by atoms with Crippen LogP contribution in [0.2, 0.25) is 0 Å². The lowest BCUT2D eigenvalue weighted by molar-refractivity contribution is -0.913. The summed E-state index contributed by atoms with van der Waals surface area (Å²) in [5.74, 6) is -0.692. The number of ether oxygens (including phenoxy) is 1. The van der Waals surface area contributed by atoms with Crippen LogP contribution in [-0.2, 0) is 22.5 Å². The molecule has 0 radical (unpaired) electrons. The summed E-state index contributed by atoms with van der Waals surface area (Å²) in [6, 6.07) is 6.02. The average Bonchev–Trinajstić information content (AvgIpc) is 3.04. The summed E-state index contributed by atoms with van der Waals surface area (Å²) in [7, 11) is 0. The summed E-state index contributed by atoms with van der Waals surface area (Å²) in [6.45, 7) is 7.09. The van der Waals surface area contributed by atoms with Crippen LogP contribution in [0, 0.1) is 5.82 Å². The van der Waals surface area contributed by atoms with Crippen molar-refractivity contribution in [1.82, 2.24) is 0 Å². The molecule has 1 aromatic carbocycles. The zero-order valence-corrected chi connectivity index (χ0v) is 17.6. The number of amides is 1. The molecule has 0 bridgehead atoms. The molecule has 0 spiro atoms. The number of esters is 1. The van der Waals surface area contributed by atoms with Gasteiger partial charge in [-0.3, -0.25) is 4.79 Å². The molecule has 0 fully saturated rings. The number of carbonyl (C=O) groups excluding carboxylic acids is 2. The van der Waals surface area contributed by atoms with E-state index in [1.165, 1.54) is 40.1 Å². The molecule has 2 N–H and O–H groups in total. The van der Waals surface area contributed by atoms with Crippen molar-refractivity contribution in [3.05, 3.63) is 46.1 Å². The molecule has 0 saturated carbocycles. The molecule has 1 aromatic heterocycles. The normalized spacial score (nSPS) is 15.8. The SMILES string of the molecule is CCOC(=O)c1c(NC(=O)CSc2ccc(F)cc2)sc2c1CC[NH+](CC)C2. The quantitative estimate of drug-likeness (QED) is 0.531. The van der Waals surface area contributed by atoms with E-state index in [1.54, 1.807) is 19.1 Å². The number of thiophene rings is 1. The van der Waals surface area contributed by atoms with Crippen molar-refractivity contribution in [3.63, 3.8) is 0 Å². The van der Waals surface area contributed by atoms with Crippen LogP contribution in [0.5, 0.6) is 0 Å². The first kappa shape index (κ1) is 20.8. The van der Waals surface area contributed by atoms with Crippen molar-refractivity contribution in [2.75, 3.05) is 30.8 Å². The minimum Gasteiger partial charge on any atom is -0.462 e. The molecule has 3 rings (SSSR count). The maximum Gasteiger partial charge on any atom is 0.341 e. The Labute approximate surface area is 172 Å². The molecular formula is C20H24FN2O3S2+. The molecule has 0 saturated heterocycles. The Morgan fingerprint density at radius 1 is 1.29 bits per heavy atom. The van der Waals surface area contributed by atoms with Gasteiger partial charge in [0.2, 0.25) is 5.91 Å². The first-order valence-electron chi connectivity index (χ1n) is 9.35. The molecule has 0 aliphatic carbocycles. The van der Waals surface area contributed by atoms with Gasteiger partial charge in [0.25, 0.3) is 0 Å². The largest absolute Gasteiger partial charge is 0.462 e. The van der Waals surface area contributed by atoms with E-state index in [2.05, 4.69) is 12.2 Å². The molecule has 2 heterocycles. The van der Waals surface area contributed by atoms with E-state index in [4.69, 9.17) is 4.74 Å². The summed E-state index contributed by atoms with van der Waals surface area (Å²) in [4.78, 5) is 28.4. The second kappa shape index (κ2) is 9.54. The highest BCUT2D eigenvalue weighted by atomic mass is 32.2. The molecule has 1 aliphatic heterocycles. The minimum absolute atomic E-state index is 0.183. The van der Waals surface area contributed by atoms with Gasteiger partial charge in [0, 0.05) is 11.3 Å². The summed E-state index contributed by atoms with van der Waals surface area (Å²) >= 11 is 2.80. The molecule has 5 nitrogen and oxygen atoms in total. The van der Waals surface area contributed by atoms with E-state index in [0.717, 1.165) is 41.4 Å². The fourth-order valence-corrected chi connectivity index (χ4v) is 5.21. The first-order valence-corrected chi connectivity index (χ1v) is 11.2. The zero-order chi connectivity index (χ0) is 20.1. The second-order valence-corrected chi connectivity index (χ2v) is 8.65. The second-order valence-electron chi connectivity index (χ2n) is 6.50. The highest BCUT2D eigenvalue weighted by molar-refractivity contribution is 8.00. The fraction of sp³-hybridized carbons (Fsp3) is 0.400. The number of thioether (sulfide) groups is 1. The molecule has 1 amide bonds. The van der Waals surface area contributed by atoms with E-state index in [-0.39, 0.29) is 23.4 Å². The highest BCUT2D eigenvalue weighted by Gasteiger charge is 2.30. The van der Waals surface area contributed by atoms with E-state index in [1.807, 2.05) is 0 Å². The number of quaternary nitrogens is 1. The molecule has 1 aliphatic rings. The Morgan fingerprint density at radius 3 is 2.71 bits per heavy atom. The topological polar surface area (TPSA) is 59.8 Å². The van der Waals surface area contributed by atoms with Gasteiger partial charge in [-0.2, -0.15) is 0 Å². The Bertz CT molecular complexity index is 852. The van der Waals surface area contributed by atoms with Crippen LogP contribution in [0.15, 0.2) is 29.2 Å². The maximum absolute atomic E-state index is 13.0. The predicted molar refractivity (Wildman–Crippen MR) is 110 cm³/mol. The molecule has 150 valence electrons. The Hall–Kier alpha value is -1.90. The number of halogens is 1. The van der Waals surface area contributed by atoms with Gasteiger partial charge >= 0.3 is 5.97 Å². The first-order chi connectivity index (χ1) is 13.5. The summed E-state index contributed by atoms with van der Waals surface area (Å²) in [6.07, 6.45) is 0.809. The van der Waals surface area contributed by atoms with Gasteiger partial charge < -0.3 is 15.0 Å². The van der Waals surface area contributed by atoms with Crippen molar-refractivity contribution >= 4 is 40.0 Å². The Kier molecular flexibility index (Phi) is 7.09. The molecule has 28 heavy (non-hydrogen) atoms. The Balaban J connectivity index is 1.74. The lowest BCUT2D eigenvalue weighted by Gasteiger charge is -2.22. The third-order valence-electron chi connectivity index (χ3n) is 4.65. The van der Waals surface area contributed by atoms with Crippen LogP contribution in [0.3, 0.4) is 0 Å².